The summed E-state index contributed by atoms with van der Waals surface area (Å²) in [5.41, 5.74) is 5.39. The molecule has 0 aliphatic rings. The van der Waals surface area contributed by atoms with Gasteiger partial charge in [0.2, 0.25) is 0 Å². The molecule has 148 valence electrons. The number of amides is 2. The van der Waals surface area contributed by atoms with Crippen LogP contribution in [0.2, 0.25) is 0 Å². The van der Waals surface area contributed by atoms with Crippen LogP contribution in [0.1, 0.15) is 37.4 Å². The topological polar surface area (TPSA) is 58.2 Å². The SMILES string of the molecule is Cc1ccc(C(=O)Nc2ccc(C)c(NC(=O)c3ccc(C)c(Br)c3)c2)cc1Br. The number of aryl methyl sites for hydroxylation is 3. The van der Waals surface area contributed by atoms with Crippen LogP contribution in [0.15, 0.2) is 63.5 Å². The van der Waals surface area contributed by atoms with E-state index in [1.54, 1.807) is 30.3 Å². The molecule has 4 nitrogen and oxygen atoms in total. The number of halogens is 2. The fourth-order valence-corrected chi connectivity index (χ4v) is 3.46. The first-order valence-corrected chi connectivity index (χ1v) is 10.6. The van der Waals surface area contributed by atoms with Gasteiger partial charge in [-0.25, -0.2) is 0 Å². The van der Waals surface area contributed by atoms with Gasteiger partial charge in [-0.2, -0.15) is 0 Å². The van der Waals surface area contributed by atoms with Crippen molar-refractivity contribution in [2.24, 2.45) is 0 Å². The summed E-state index contributed by atoms with van der Waals surface area (Å²) in [7, 11) is 0. The highest BCUT2D eigenvalue weighted by molar-refractivity contribution is 9.10. The Kier molecular flexibility index (Phi) is 6.55. The van der Waals surface area contributed by atoms with Crippen molar-refractivity contribution in [3.05, 3.63) is 91.4 Å². The van der Waals surface area contributed by atoms with Gasteiger partial charge in [0.25, 0.3) is 11.8 Å². The van der Waals surface area contributed by atoms with Crippen LogP contribution < -0.4 is 10.6 Å². The third-order valence-corrected chi connectivity index (χ3v) is 6.32. The number of anilines is 2. The van der Waals surface area contributed by atoms with Gasteiger partial charge >= 0.3 is 0 Å². The average Bonchev–Trinajstić information content (AvgIpc) is 2.68. The molecule has 2 N–H and O–H groups in total. The quantitative estimate of drug-likeness (QED) is 0.409. The summed E-state index contributed by atoms with van der Waals surface area (Å²) in [5.74, 6) is -0.422. The van der Waals surface area contributed by atoms with Gasteiger partial charge in [0.15, 0.2) is 0 Å². The van der Waals surface area contributed by atoms with Crippen LogP contribution in [-0.2, 0) is 0 Å². The van der Waals surface area contributed by atoms with Crippen LogP contribution in [-0.4, -0.2) is 11.8 Å². The van der Waals surface area contributed by atoms with E-state index in [4.69, 9.17) is 0 Å². The van der Waals surface area contributed by atoms with E-state index in [0.717, 1.165) is 25.6 Å². The summed E-state index contributed by atoms with van der Waals surface area (Å²) in [6, 6.07) is 16.4. The van der Waals surface area contributed by atoms with Crippen molar-refractivity contribution in [3.63, 3.8) is 0 Å². The molecule has 29 heavy (non-hydrogen) atoms. The first kappa shape index (κ1) is 21.3. The van der Waals surface area contributed by atoms with Crippen LogP contribution >= 0.6 is 31.9 Å². The first-order chi connectivity index (χ1) is 13.7. The van der Waals surface area contributed by atoms with Gasteiger partial charge in [0, 0.05) is 31.4 Å². The standard InChI is InChI=1S/C23H20Br2N2O2/c1-13-4-7-16(10-19(13)24)22(28)26-18-9-6-15(3)21(12-18)27-23(29)17-8-5-14(2)20(25)11-17/h4-12H,1-3H3,(H,26,28)(H,27,29). The van der Waals surface area contributed by atoms with E-state index in [1.807, 2.05) is 45.0 Å². The number of benzene rings is 3. The molecule has 0 aliphatic carbocycles. The van der Waals surface area contributed by atoms with E-state index in [-0.39, 0.29) is 11.8 Å². The van der Waals surface area contributed by atoms with E-state index < -0.39 is 0 Å². The van der Waals surface area contributed by atoms with E-state index in [2.05, 4.69) is 42.5 Å². The Morgan fingerprint density at radius 2 is 1.14 bits per heavy atom. The fourth-order valence-electron chi connectivity index (χ4n) is 2.70. The number of hydrogen-bond donors (Lipinski definition) is 2. The Bertz CT molecular complexity index is 1110. The van der Waals surface area contributed by atoms with Crippen molar-refractivity contribution in [2.75, 3.05) is 10.6 Å². The van der Waals surface area contributed by atoms with Crippen molar-refractivity contribution in [1.29, 1.82) is 0 Å². The monoisotopic (exact) mass is 514 g/mol. The molecule has 0 radical (unpaired) electrons. The van der Waals surface area contributed by atoms with E-state index in [0.29, 0.717) is 22.5 Å². The molecule has 3 rings (SSSR count). The molecular weight excluding hydrogens is 496 g/mol. The molecule has 0 spiro atoms. The Morgan fingerprint density at radius 3 is 1.66 bits per heavy atom. The van der Waals surface area contributed by atoms with Crippen LogP contribution in [0.3, 0.4) is 0 Å². The lowest BCUT2D eigenvalue weighted by Gasteiger charge is -2.12. The average molecular weight is 516 g/mol. The van der Waals surface area contributed by atoms with Gasteiger partial charge in [-0.15, -0.1) is 0 Å². The van der Waals surface area contributed by atoms with Gasteiger partial charge in [-0.1, -0.05) is 50.1 Å². The predicted molar refractivity (Wildman–Crippen MR) is 125 cm³/mol. The second kappa shape index (κ2) is 8.93. The molecule has 0 unspecified atom stereocenters. The molecule has 2 amide bonds. The summed E-state index contributed by atoms with van der Waals surface area (Å²) in [4.78, 5) is 25.2. The fraction of sp³-hybridized carbons (Fsp3) is 0.130. The first-order valence-electron chi connectivity index (χ1n) is 9.00. The molecule has 0 aromatic heterocycles. The van der Waals surface area contributed by atoms with Crippen molar-refractivity contribution in [2.45, 2.75) is 20.8 Å². The van der Waals surface area contributed by atoms with Crippen LogP contribution in [0.5, 0.6) is 0 Å². The molecule has 0 heterocycles. The van der Waals surface area contributed by atoms with Gasteiger partial charge in [-0.3, -0.25) is 9.59 Å². The minimum atomic E-state index is -0.214. The third-order valence-electron chi connectivity index (χ3n) is 4.61. The Morgan fingerprint density at radius 1 is 0.655 bits per heavy atom. The predicted octanol–water partition coefficient (Wildman–Crippen LogP) is 6.64. The van der Waals surface area contributed by atoms with Crippen molar-refractivity contribution >= 4 is 55.0 Å². The second-order valence-electron chi connectivity index (χ2n) is 6.87. The number of nitrogens with one attached hydrogen (secondary N) is 2. The summed E-state index contributed by atoms with van der Waals surface area (Å²) < 4.78 is 1.76. The lowest BCUT2D eigenvalue weighted by molar-refractivity contribution is 0.101. The lowest BCUT2D eigenvalue weighted by atomic mass is 10.1. The highest BCUT2D eigenvalue weighted by Crippen LogP contribution is 2.24. The Hall–Kier alpha value is -2.44. The maximum Gasteiger partial charge on any atom is 0.255 e. The molecule has 0 aliphatic heterocycles. The van der Waals surface area contributed by atoms with Gasteiger partial charge < -0.3 is 10.6 Å². The Labute approximate surface area is 187 Å². The largest absolute Gasteiger partial charge is 0.322 e. The summed E-state index contributed by atoms with van der Waals surface area (Å²) in [6.45, 7) is 5.84. The van der Waals surface area contributed by atoms with Crippen molar-refractivity contribution < 1.29 is 9.59 Å². The number of hydrogen-bond acceptors (Lipinski definition) is 2. The van der Waals surface area contributed by atoms with Crippen molar-refractivity contribution in [3.8, 4) is 0 Å². The minimum absolute atomic E-state index is 0.209. The number of carbonyl (C=O) groups is 2. The zero-order valence-corrected chi connectivity index (χ0v) is 19.4. The highest BCUT2D eigenvalue weighted by Gasteiger charge is 2.12. The van der Waals surface area contributed by atoms with Crippen LogP contribution in [0.4, 0.5) is 11.4 Å². The summed E-state index contributed by atoms with van der Waals surface area (Å²) in [6.07, 6.45) is 0. The molecule has 0 fully saturated rings. The highest BCUT2D eigenvalue weighted by atomic mass is 79.9. The smallest absolute Gasteiger partial charge is 0.255 e. The molecular formula is C23H20Br2N2O2. The second-order valence-corrected chi connectivity index (χ2v) is 8.57. The van der Waals surface area contributed by atoms with E-state index in [1.165, 1.54) is 0 Å². The Balaban J connectivity index is 1.78. The lowest BCUT2D eigenvalue weighted by Crippen LogP contribution is -2.15. The molecule has 0 saturated carbocycles. The number of rotatable bonds is 4. The van der Waals surface area contributed by atoms with Crippen LogP contribution in [0.25, 0.3) is 0 Å². The van der Waals surface area contributed by atoms with Gasteiger partial charge in [0.1, 0.15) is 0 Å². The molecule has 0 saturated heterocycles. The molecule has 0 bridgehead atoms. The summed E-state index contributed by atoms with van der Waals surface area (Å²) in [5, 5.41) is 5.81. The molecule has 6 heteroatoms. The zero-order valence-electron chi connectivity index (χ0n) is 16.3. The van der Waals surface area contributed by atoms with Crippen LogP contribution in [0, 0.1) is 20.8 Å². The maximum atomic E-state index is 12.6. The van der Waals surface area contributed by atoms with E-state index >= 15 is 0 Å². The van der Waals surface area contributed by atoms with Gasteiger partial charge in [-0.05, 0) is 73.9 Å². The third kappa shape index (κ3) is 5.14. The number of carbonyl (C=O) groups excluding carboxylic acids is 2. The van der Waals surface area contributed by atoms with E-state index in [9.17, 15) is 9.59 Å². The minimum Gasteiger partial charge on any atom is -0.322 e. The molecule has 3 aromatic carbocycles. The summed E-state index contributed by atoms with van der Waals surface area (Å²) >= 11 is 6.90. The zero-order chi connectivity index (χ0) is 21.1. The normalized spacial score (nSPS) is 10.5. The van der Waals surface area contributed by atoms with Gasteiger partial charge in [0.05, 0.1) is 0 Å². The molecule has 0 atom stereocenters. The maximum absolute atomic E-state index is 12.6. The molecule has 3 aromatic rings. The van der Waals surface area contributed by atoms with Crippen molar-refractivity contribution in [1.82, 2.24) is 0 Å².